The molecule has 1 rings (SSSR count). The lowest BCUT2D eigenvalue weighted by Gasteiger charge is -2.10. The number of hydrogen-bond donors (Lipinski definition) is 1. The lowest BCUT2D eigenvalue weighted by Crippen LogP contribution is -1.97. The maximum absolute atomic E-state index is 13.4. The molecule has 76 valence electrons. The van der Waals surface area contributed by atoms with Crippen molar-refractivity contribution in [3.63, 3.8) is 0 Å². The zero-order chi connectivity index (χ0) is 10.9. The molecule has 0 atom stereocenters. The number of hydrogen-bond acceptors (Lipinski definition) is 2. The highest BCUT2D eigenvalue weighted by Gasteiger charge is 2.17. The Morgan fingerprint density at radius 1 is 1.57 bits per heavy atom. The topological polar surface area (TPSA) is 37.3 Å². The smallest absolute Gasteiger partial charge is 0.153 e. The van der Waals surface area contributed by atoms with Gasteiger partial charge >= 0.3 is 0 Å². The molecule has 0 bridgehead atoms. The van der Waals surface area contributed by atoms with Gasteiger partial charge in [-0.25, -0.2) is 4.39 Å². The molecular weight excluding hydrogens is 207 g/mol. The third-order valence-corrected chi connectivity index (χ3v) is 2.33. The molecule has 0 aliphatic carbocycles. The van der Waals surface area contributed by atoms with Crippen LogP contribution in [0.25, 0.3) is 0 Å². The van der Waals surface area contributed by atoms with Gasteiger partial charge in [-0.2, -0.15) is 0 Å². The molecule has 2 nitrogen and oxygen atoms in total. The Balaban J connectivity index is 3.48. The van der Waals surface area contributed by atoms with Crippen molar-refractivity contribution in [1.82, 2.24) is 0 Å². The van der Waals surface area contributed by atoms with E-state index < -0.39 is 16.6 Å². The Bertz CT molecular complexity index is 375. The Kier molecular flexibility index (Phi) is 3.11. The van der Waals surface area contributed by atoms with Gasteiger partial charge in [0.25, 0.3) is 0 Å². The van der Waals surface area contributed by atoms with Crippen LogP contribution in [0.3, 0.4) is 0 Å². The van der Waals surface area contributed by atoms with E-state index >= 15 is 0 Å². The molecule has 0 saturated carbocycles. The molecule has 0 heterocycles. The monoisotopic (exact) mass is 216 g/mol. The molecule has 0 amide bonds. The zero-order valence-electron chi connectivity index (χ0n) is 7.84. The minimum absolute atomic E-state index is 0.0140. The highest BCUT2D eigenvalue weighted by molar-refractivity contribution is 6.32. The van der Waals surface area contributed by atoms with Crippen LogP contribution in [0.1, 0.15) is 35.7 Å². The highest BCUT2D eigenvalue weighted by atomic mass is 35.5. The number of benzene rings is 1. The lowest BCUT2D eigenvalue weighted by atomic mass is 10.00. The SMILES string of the molecule is CC(C)c1cc(C=O)c(O)c(Cl)c1F. The summed E-state index contributed by atoms with van der Waals surface area (Å²) >= 11 is 5.53. The van der Waals surface area contributed by atoms with Crippen LogP contribution in [0, 0.1) is 5.82 Å². The average Bonchev–Trinajstić information content (AvgIpc) is 2.14. The van der Waals surface area contributed by atoms with E-state index in [2.05, 4.69) is 0 Å². The standard InChI is InChI=1S/C10H10ClFO2/c1-5(2)7-3-6(4-13)10(14)8(11)9(7)12/h3-5,14H,1-2H3. The molecule has 0 aliphatic heterocycles. The summed E-state index contributed by atoms with van der Waals surface area (Å²) in [6.07, 6.45) is 0.451. The number of aldehydes is 1. The quantitative estimate of drug-likeness (QED) is 0.772. The first kappa shape index (κ1) is 11.0. The van der Waals surface area contributed by atoms with Crippen molar-refractivity contribution in [3.8, 4) is 5.75 Å². The highest BCUT2D eigenvalue weighted by Crippen LogP contribution is 2.34. The summed E-state index contributed by atoms with van der Waals surface area (Å²) in [7, 11) is 0. The van der Waals surface area contributed by atoms with E-state index in [-0.39, 0.29) is 11.5 Å². The van der Waals surface area contributed by atoms with E-state index in [0.717, 1.165) is 0 Å². The third-order valence-electron chi connectivity index (χ3n) is 1.99. The lowest BCUT2D eigenvalue weighted by molar-refractivity contribution is 0.112. The first-order chi connectivity index (χ1) is 6.49. The second-order valence-electron chi connectivity index (χ2n) is 3.30. The van der Waals surface area contributed by atoms with E-state index in [4.69, 9.17) is 11.6 Å². The molecule has 14 heavy (non-hydrogen) atoms. The van der Waals surface area contributed by atoms with Gasteiger partial charge in [0.1, 0.15) is 16.6 Å². The molecule has 4 heteroatoms. The Hall–Kier alpha value is -1.09. The van der Waals surface area contributed by atoms with Crippen molar-refractivity contribution in [3.05, 3.63) is 28.0 Å². The molecule has 0 aliphatic rings. The van der Waals surface area contributed by atoms with Crippen LogP contribution in [-0.4, -0.2) is 11.4 Å². The molecule has 1 aromatic carbocycles. The number of phenols is 1. The fourth-order valence-corrected chi connectivity index (χ4v) is 1.38. The zero-order valence-corrected chi connectivity index (χ0v) is 8.60. The number of phenolic OH excluding ortho intramolecular Hbond substituents is 1. The van der Waals surface area contributed by atoms with Gasteiger partial charge in [-0.1, -0.05) is 25.4 Å². The maximum atomic E-state index is 13.4. The van der Waals surface area contributed by atoms with E-state index in [0.29, 0.717) is 11.8 Å². The Labute approximate surface area is 86.3 Å². The van der Waals surface area contributed by atoms with Gasteiger partial charge in [0, 0.05) is 0 Å². The van der Waals surface area contributed by atoms with Crippen molar-refractivity contribution < 1.29 is 14.3 Å². The predicted molar refractivity (Wildman–Crippen MR) is 52.6 cm³/mol. The average molecular weight is 217 g/mol. The molecule has 0 unspecified atom stereocenters. The number of aromatic hydroxyl groups is 1. The van der Waals surface area contributed by atoms with Crippen molar-refractivity contribution in [1.29, 1.82) is 0 Å². The van der Waals surface area contributed by atoms with Gasteiger partial charge < -0.3 is 5.11 Å². The van der Waals surface area contributed by atoms with Gasteiger partial charge in [0.2, 0.25) is 0 Å². The molecule has 0 spiro atoms. The van der Waals surface area contributed by atoms with Crippen LogP contribution in [0.5, 0.6) is 5.75 Å². The van der Waals surface area contributed by atoms with Crippen LogP contribution >= 0.6 is 11.6 Å². The molecule has 0 aromatic heterocycles. The maximum Gasteiger partial charge on any atom is 0.153 e. The summed E-state index contributed by atoms with van der Waals surface area (Å²) in [4.78, 5) is 10.5. The van der Waals surface area contributed by atoms with Gasteiger partial charge in [-0.05, 0) is 17.5 Å². The Morgan fingerprint density at radius 2 is 2.14 bits per heavy atom. The van der Waals surface area contributed by atoms with Crippen molar-refractivity contribution in [2.45, 2.75) is 19.8 Å². The second kappa shape index (κ2) is 3.96. The first-order valence-electron chi connectivity index (χ1n) is 4.15. The summed E-state index contributed by atoms with van der Waals surface area (Å²) in [5.41, 5.74) is 0.343. The predicted octanol–water partition coefficient (Wildman–Crippen LogP) is 3.12. The van der Waals surface area contributed by atoms with Crippen molar-refractivity contribution in [2.24, 2.45) is 0 Å². The van der Waals surface area contributed by atoms with Crippen LogP contribution < -0.4 is 0 Å². The van der Waals surface area contributed by atoms with Crippen molar-refractivity contribution in [2.75, 3.05) is 0 Å². The van der Waals surface area contributed by atoms with Crippen molar-refractivity contribution >= 4 is 17.9 Å². The van der Waals surface area contributed by atoms with Crippen LogP contribution in [0.15, 0.2) is 6.07 Å². The second-order valence-corrected chi connectivity index (χ2v) is 3.68. The molecule has 0 saturated heterocycles. The fraction of sp³-hybridized carbons (Fsp3) is 0.300. The van der Waals surface area contributed by atoms with Gasteiger partial charge in [-0.15, -0.1) is 0 Å². The fourth-order valence-electron chi connectivity index (χ4n) is 1.17. The molecule has 0 fully saturated rings. The molecular formula is C10H10ClFO2. The minimum Gasteiger partial charge on any atom is -0.506 e. The number of carbonyl (C=O) groups excluding carboxylic acids is 1. The molecule has 1 aromatic rings. The normalized spacial score (nSPS) is 10.6. The summed E-state index contributed by atoms with van der Waals surface area (Å²) in [5, 5.41) is 8.89. The van der Waals surface area contributed by atoms with E-state index in [1.165, 1.54) is 6.07 Å². The van der Waals surface area contributed by atoms with Crippen LogP contribution in [0.2, 0.25) is 5.02 Å². The number of rotatable bonds is 2. The van der Waals surface area contributed by atoms with E-state index in [1.807, 2.05) is 0 Å². The number of carbonyl (C=O) groups is 1. The third kappa shape index (κ3) is 1.73. The van der Waals surface area contributed by atoms with Crippen LogP contribution in [-0.2, 0) is 0 Å². The minimum atomic E-state index is -0.662. The van der Waals surface area contributed by atoms with Gasteiger partial charge in [0.05, 0.1) is 5.56 Å². The number of halogens is 2. The Morgan fingerprint density at radius 3 is 2.57 bits per heavy atom. The summed E-state index contributed by atoms with van der Waals surface area (Å²) in [6.45, 7) is 3.56. The van der Waals surface area contributed by atoms with Gasteiger partial charge in [-0.3, -0.25) is 4.79 Å². The first-order valence-corrected chi connectivity index (χ1v) is 4.52. The summed E-state index contributed by atoms with van der Waals surface area (Å²) in [6, 6.07) is 1.31. The molecule has 1 N–H and O–H groups in total. The summed E-state index contributed by atoms with van der Waals surface area (Å²) < 4.78 is 13.4. The van der Waals surface area contributed by atoms with Gasteiger partial charge in [0.15, 0.2) is 6.29 Å². The van der Waals surface area contributed by atoms with E-state index in [9.17, 15) is 14.3 Å². The molecule has 0 radical (unpaired) electrons. The van der Waals surface area contributed by atoms with Crippen LogP contribution in [0.4, 0.5) is 4.39 Å². The van der Waals surface area contributed by atoms with E-state index in [1.54, 1.807) is 13.8 Å². The summed E-state index contributed by atoms with van der Waals surface area (Å²) in [5.74, 6) is -1.25. The largest absolute Gasteiger partial charge is 0.506 e.